The van der Waals surface area contributed by atoms with E-state index in [1.807, 2.05) is 0 Å². The summed E-state index contributed by atoms with van der Waals surface area (Å²) >= 11 is 3.19. The number of nitrogens with one attached hydrogen (secondary N) is 1. The SMILES string of the molecule is O=[N+]([O-])c1cc(Br)ccc1NCC1CCS(=O)(=O)C1. The van der Waals surface area contributed by atoms with Crippen molar-refractivity contribution in [1.29, 1.82) is 0 Å². The van der Waals surface area contributed by atoms with E-state index in [2.05, 4.69) is 21.2 Å². The molecule has 0 saturated carbocycles. The third-order valence-corrected chi connectivity index (χ3v) is 5.39. The number of nitro benzene ring substituents is 1. The minimum Gasteiger partial charge on any atom is -0.379 e. The van der Waals surface area contributed by atoms with Gasteiger partial charge in [-0.2, -0.15) is 0 Å². The smallest absolute Gasteiger partial charge is 0.293 e. The van der Waals surface area contributed by atoms with Gasteiger partial charge < -0.3 is 5.32 Å². The van der Waals surface area contributed by atoms with Gasteiger partial charge in [0.1, 0.15) is 5.69 Å². The summed E-state index contributed by atoms with van der Waals surface area (Å²) in [7, 11) is -2.91. The fraction of sp³-hybridized carbons (Fsp3) is 0.455. The van der Waals surface area contributed by atoms with Gasteiger partial charge >= 0.3 is 0 Å². The summed E-state index contributed by atoms with van der Waals surface area (Å²) in [6.45, 7) is 0.432. The summed E-state index contributed by atoms with van der Waals surface area (Å²) in [6, 6.07) is 4.75. The molecule has 0 radical (unpaired) electrons. The van der Waals surface area contributed by atoms with Crippen molar-refractivity contribution >= 4 is 37.1 Å². The van der Waals surface area contributed by atoms with Gasteiger partial charge in [-0.05, 0) is 24.5 Å². The minimum absolute atomic E-state index is 0.0183. The number of sulfone groups is 1. The van der Waals surface area contributed by atoms with Gasteiger partial charge in [0.2, 0.25) is 0 Å². The van der Waals surface area contributed by atoms with Crippen LogP contribution in [0.1, 0.15) is 6.42 Å². The van der Waals surface area contributed by atoms with Crippen molar-refractivity contribution in [2.24, 2.45) is 5.92 Å². The second kappa shape index (κ2) is 5.46. The minimum atomic E-state index is -2.91. The highest BCUT2D eigenvalue weighted by Crippen LogP contribution is 2.29. The Hall–Kier alpha value is -1.15. The molecule has 1 N–H and O–H groups in total. The van der Waals surface area contributed by atoms with Crippen LogP contribution in [-0.2, 0) is 9.84 Å². The Morgan fingerprint density at radius 2 is 2.21 bits per heavy atom. The first-order valence-corrected chi connectivity index (χ1v) is 8.37. The summed E-state index contributed by atoms with van der Waals surface area (Å²) in [6.07, 6.45) is 0.611. The quantitative estimate of drug-likeness (QED) is 0.665. The van der Waals surface area contributed by atoms with Crippen LogP contribution in [0.15, 0.2) is 22.7 Å². The molecule has 0 spiro atoms. The molecule has 0 aliphatic carbocycles. The van der Waals surface area contributed by atoms with Crippen LogP contribution >= 0.6 is 15.9 Å². The maximum absolute atomic E-state index is 11.3. The fourth-order valence-electron chi connectivity index (χ4n) is 2.09. The lowest BCUT2D eigenvalue weighted by molar-refractivity contribution is -0.384. The second-order valence-electron chi connectivity index (χ2n) is 4.57. The second-order valence-corrected chi connectivity index (χ2v) is 7.71. The van der Waals surface area contributed by atoms with Gasteiger partial charge in [-0.25, -0.2) is 8.42 Å². The van der Waals surface area contributed by atoms with Gasteiger partial charge in [-0.15, -0.1) is 0 Å². The molecule has 1 aromatic carbocycles. The largest absolute Gasteiger partial charge is 0.379 e. The van der Waals surface area contributed by atoms with E-state index in [4.69, 9.17) is 0 Å². The molecule has 6 nitrogen and oxygen atoms in total. The van der Waals surface area contributed by atoms with Gasteiger partial charge in [0, 0.05) is 17.1 Å². The summed E-state index contributed by atoms with van der Waals surface area (Å²) in [4.78, 5) is 10.5. The lowest BCUT2D eigenvalue weighted by atomic mass is 10.1. The normalized spacial score (nSPS) is 21.2. The zero-order chi connectivity index (χ0) is 14.0. The average Bonchev–Trinajstić information content (AvgIpc) is 2.67. The highest BCUT2D eigenvalue weighted by molar-refractivity contribution is 9.10. The number of nitrogens with zero attached hydrogens (tertiary/aromatic N) is 1. The zero-order valence-corrected chi connectivity index (χ0v) is 12.4. The third-order valence-electron chi connectivity index (χ3n) is 3.06. The number of benzene rings is 1. The Kier molecular flexibility index (Phi) is 4.10. The molecule has 0 amide bonds. The van der Waals surface area contributed by atoms with Crippen LogP contribution in [0.3, 0.4) is 0 Å². The Labute approximate surface area is 119 Å². The van der Waals surface area contributed by atoms with Crippen LogP contribution in [0.2, 0.25) is 0 Å². The van der Waals surface area contributed by atoms with Gasteiger partial charge in [0.25, 0.3) is 5.69 Å². The predicted molar refractivity (Wildman–Crippen MR) is 76.0 cm³/mol. The Bertz CT molecular complexity index is 603. The molecule has 8 heteroatoms. The molecule has 1 fully saturated rings. The van der Waals surface area contributed by atoms with Gasteiger partial charge in [0.05, 0.1) is 16.4 Å². The number of hydrogen-bond acceptors (Lipinski definition) is 5. The van der Waals surface area contributed by atoms with Gasteiger partial charge in [-0.3, -0.25) is 10.1 Å². The molecule has 0 aromatic heterocycles. The molecule has 1 atom stereocenters. The summed E-state index contributed by atoms with van der Waals surface area (Å²) < 4.78 is 23.3. The number of hydrogen-bond donors (Lipinski definition) is 1. The molecule has 1 heterocycles. The van der Waals surface area contributed by atoms with Crippen LogP contribution < -0.4 is 5.32 Å². The molecule has 1 unspecified atom stereocenters. The van der Waals surface area contributed by atoms with Crippen molar-refractivity contribution in [3.05, 3.63) is 32.8 Å². The first-order valence-electron chi connectivity index (χ1n) is 5.75. The van der Waals surface area contributed by atoms with Crippen molar-refractivity contribution in [2.45, 2.75) is 6.42 Å². The molecule has 1 saturated heterocycles. The Morgan fingerprint density at radius 3 is 2.79 bits per heavy atom. The fourth-order valence-corrected chi connectivity index (χ4v) is 4.30. The maximum Gasteiger partial charge on any atom is 0.293 e. The van der Waals surface area contributed by atoms with Crippen LogP contribution in [0, 0.1) is 16.0 Å². The number of halogens is 1. The summed E-state index contributed by atoms with van der Waals surface area (Å²) in [5, 5.41) is 13.9. The number of nitro groups is 1. The lowest BCUT2D eigenvalue weighted by Gasteiger charge is -2.11. The van der Waals surface area contributed by atoms with E-state index in [1.54, 1.807) is 12.1 Å². The van der Waals surface area contributed by atoms with E-state index < -0.39 is 14.8 Å². The predicted octanol–water partition coefficient (Wildman–Crippen LogP) is 2.20. The molecule has 1 aromatic rings. The van der Waals surface area contributed by atoms with E-state index in [0.717, 1.165) is 0 Å². The van der Waals surface area contributed by atoms with Crippen molar-refractivity contribution < 1.29 is 13.3 Å². The zero-order valence-electron chi connectivity index (χ0n) is 10.0. The van der Waals surface area contributed by atoms with Gasteiger partial charge in [-0.1, -0.05) is 15.9 Å². The first-order chi connectivity index (χ1) is 8.87. The van der Waals surface area contributed by atoms with Gasteiger partial charge in [0.15, 0.2) is 9.84 Å². The lowest BCUT2D eigenvalue weighted by Crippen LogP contribution is -2.16. The topological polar surface area (TPSA) is 89.3 Å². The highest BCUT2D eigenvalue weighted by Gasteiger charge is 2.28. The van der Waals surface area contributed by atoms with Crippen molar-refractivity contribution in [3.8, 4) is 0 Å². The van der Waals surface area contributed by atoms with Crippen molar-refractivity contribution in [2.75, 3.05) is 23.4 Å². The van der Waals surface area contributed by atoms with Crippen LogP contribution in [0.5, 0.6) is 0 Å². The third kappa shape index (κ3) is 3.66. The first kappa shape index (κ1) is 14.3. The van der Waals surface area contributed by atoms with Crippen LogP contribution in [0.4, 0.5) is 11.4 Å². The molecular formula is C11H13BrN2O4S. The molecule has 1 aliphatic rings. The molecule has 104 valence electrons. The molecule has 1 aliphatic heterocycles. The van der Waals surface area contributed by atoms with Crippen molar-refractivity contribution in [3.63, 3.8) is 0 Å². The van der Waals surface area contributed by atoms with E-state index in [1.165, 1.54) is 6.07 Å². The standard InChI is InChI=1S/C11H13BrN2O4S/c12-9-1-2-10(11(5-9)14(15)16)13-6-8-3-4-19(17,18)7-8/h1-2,5,8,13H,3-4,6-7H2. The number of rotatable bonds is 4. The average molecular weight is 349 g/mol. The molecule has 19 heavy (non-hydrogen) atoms. The molecule has 0 bridgehead atoms. The molecular weight excluding hydrogens is 336 g/mol. The summed E-state index contributed by atoms with van der Waals surface area (Å²) in [5.74, 6) is 0.389. The van der Waals surface area contributed by atoms with E-state index in [0.29, 0.717) is 23.1 Å². The van der Waals surface area contributed by atoms with E-state index in [-0.39, 0.29) is 23.1 Å². The van der Waals surface area contributed by atoms with Crippen LogP contribution in [0.25, 0.3) is 0 Å². The number of anilines is 1. The van der Waals surface area contributed by atoms with Crippen LogP contribution in [-0.4, -0.2) is 31.4 Å². The molecule has 2 rings (SSSR count). The monoisotopic (exact) mass is 348 g/mol. The highest BCUT2D eigenvalue weighted by atomic mass is 79.9. The van der Waals surface area contributed by atoms with Crippen molar-refractivity contribution in [1.82, 2.24) is 0 Å². The summed E-state index contributed by atoms with van der Waals surface area (Å²) in [5.41, 5.74) is 0.396. The Balaban J connectivity index is 2.06. The maximum atomic E-state index is 11.3. The Morgan fingerprint density at radius 1 is 1.47 bits per heavy atom. The van der Waals surface area contributed by atoms with E-state index >= 15 is 0 Å². The van der Waals surface area contributed by atoms with E-state index in [9.17, 15) is 18.5 Å².